The second kappa shape index (κ2) is 7.94. The molecule has 1 aromatic heterocycles. The largest absolute Gasteiger partial charge is 0.342 e. The Bertz CT molecular complexity index is 1380. The molecule has 0 atom stereocenters. The number of fused-ring (bicyclic) bond motifs is 2. The third-order valence-corrected chi connectivity index (χ3v) is 7.46. The summed E-state index contributed by atoms with van der Waals surface area (Å²) in [5, 5.41) is 0. The van der Waals surface area contributed by atoms with E-state index in [1.807, 2.05) is 24.3 Å². The molecule has 10 heteroatoms. The number of aromatic nitrogens is 2. The van der Waals surface area contributed by atoms with E-state index in [9.17, 15) is 18.0 Å². The topological polar surface area (TPSA) is 117 Å². The first-order valence-electron chi connectivity index (χ1n) is 10.6. The van der Waals surface area contributed by atoms with Gasteiger partial charge < -0.3 is 9.88 Å². The van der Waals surface area contributed by atoms with Gasteiger partial charge in [-0.3, -0.25) is 19.1 Å². The molecule has 1 amide bonds. The van der Waals surface area contributed by atoms with Crippen molar-refractivity contribution in [2.75, 3.05) is 19.6 Å². The number of carbonyl (C=O) groups excluding carboxylic acids is 1. The Kier molecular flexibility index (Phi) is 5.09. The molecule has 9 nitrogen and oxygen atoms in total. The number of para-hydroxylation sites is 2. The number of nitrogens with zero attached hydrogens (tertiary/aromatic N) is 3. The number of aliphatic imine (C=N–C) groups is 1. The Hall–Kier alpha value is -3.40. The summed E-state index contributed by atoms with van der Waals surface area (Å²) in [6, 6.07) is 14.3. The van der Waals surface area contributed by atoms with E-state index < -0.39 is 10.0 Å². The highest BCUT2D eigenvalue weighted by molar-refractivity contribution is 7.90. The molecule has 0 unspecified atom stereocenters. The monoisotopic (exact) mass is 453 g/mol. The molecular weight excluding hydrogens is 430 g/mol. The summed E-state index contributed by atoms with van der Waals surface area (Å²) in [6.45, 7) is 1.34. The maximum atomic E-state index is 12.7. The minimum absolute atomic E-state index is 0.0202. The maximum Gasteiger partial charge on any atom is 0.326 e. The number of carbonyl (C=O) groups is 1. The molecule has 0 bridgehead atoms. The highest BCUT2D eigenvalue weighted by Crippen LogP contribution is 2.25. The van der Waals surface area contributed by atoms with Crippen molar-refractivity contribution in [3.63, 3.8) is 0 Å². The van der Waals surface area contributed by atoms with Gasteiger partial charge in [-0.25, -0.2) is 13.2 Å². The minimum Gasteiger partial charge on any atom is -0.342 e. The van der Waals surface area contributed by atoms with Crippen LogP contribution in [-0.2, 0) is 14.8 Å². The third-order valence-electron chi connectivity index (χ3n) is 6.06. The number of amidine groups is 1. The van der Waals surface area contributed by atoms with Crippen LogP contribution in [0.15, 0.2) is 63.2 Å². The predicted molar refractivity (Wildman–Crippen MR) is 120 cm³/mol. The normalized spacial score (nSPS) is 19.2. The Morgan fingerprint density at radius 1 is 1.06 bits per heavy atom. The van der Waals surface area contributed by atoms with Crippen LogP contribution in [0.25, 0.3) is 11.0 Å². The zero-order valence-corrected chi connectivity index (χ0v) is 18.1. The first-order chi connectivity index (χ1) is 15.4. The zero-order valence-electron chi connectivity index (χ0n) is 17.3. The summed E-state index contributed by atoms with van der Waals surface area (Å²) in [7, 11) is -3.58. The molecule has 2 aliphatic rings. The summed E-state index contributed by atoms with van der Waals surface area (Å²) >= 11 is 0. The lowest BCUT2D eigenvalue weighted by Crippen LogP contribution is -2.40. The van der Waals surface area contributed by atoms with Gasteiger partial charge in [-0.1, -0.05) is 24.3 Å². The molecule has 5 rings (SSSR count). The molecule has 2 aliphatic heterocycles. The number of imidazole rings is 1. The Labute approximate surface area is 184 Å². The molecule has 1 saturated heterocycles. The summed E-state index contributed by atoms with van der Waals surface area (Å²) in [4.78, 5) is 34.3. The van der Waals surface area contributed by atoms with Crippen LogP contribution in [-0.4, -0.2) is 54.2 Å². The van der Waals surface area contributed by atoms with E-state index in [1.165, 1.54) is 6.07 Å². The summed E-state index contributed by atoms with van der Waals surface area (Å²) in [5.74, 6) is 0.263. The average Bonchev–Trinajstić information content (AvgIpc) is 3.26. The van der Waals surface area contributed by atoms with Crippen molar-refractivity contribution in [2.45, 2.75) is 30.2 Å². The molecule has 32 heavy (non-hydrogen) atoms. The van der Waals surface area contributed by atoms with Gasteiger partial charge in [-0.2, -0.15) is 0 Å². The fourth-order valence-electron chi connectivity index (χ4n) is 4.48. The highest BCUT2D eigenvalue weighted by atomic mass is 32.2. The number of likely N-dealkylation sites (tertiary alicyclic amines) is 1. The van der Waals surface area contributed by atoms with Crippen molar-refractivity contribution in [2.24, 2.45) is 4.99 Å². The number of hydrogen-bond donors (Lipinski definition) is 2. The van der Waals surface area contributed by atoms with Crippen LogP contribution in [0.5, 0.6) is 0 Å². The van der Waals surface area contributed by atoms with Crippen molar-refractivity contribution in [3.05, 3.63) is 64.6 Å². The number of benzene rings is 2. The first kappa shape index (κ1) is 20.5. The van der Waals surface area contributed by atoms with Gasteiger partial charge in [0, 0.05) is 31.1 Å². The predicted octanol–water partition coefficient (Wildman–Crippen LogP) is 1.62. The Morgan fingerprint density at radius 2 is 1.78 bits per heavy atom. The number of hydrogen-bond acceptors (Lipinski definition) is 5. The number of piperidine rings is 1. The van der Waals surface area contributed by atoms with E-state index in [0.717, 1.165) is 11.0 Å². The fourth-order valence-corrected chi connectivity index (χ4v) is 5.73. The minimum atomic E-state index is -3.58. The molecule has 3 aromatic rings. The highest BCUT2D eigenvalue weighted by Gasteiger charge is 2.30. The van der Waals surface area contributed by atoms with E-state index >= 15 is 0 Å². The molecule has 0 saturated carbocycles. The summed E-state index contributed by atoms with van der Waals surface area (Å²) in [5.41, 5.74) is 2.12. The number of aromatic amines is 1. The average molecular weight is 454 g/mol. The van der Waals surface area contributed by atoms with Gasteiger partial charge in [-0.05, 0) is 37.1 Å². The van der Waals surface area contributed by atoms with E-state index in [2.05, 4.69) is 14.7 Å². The fraction of sp³-hybridized carbons (Fsp3) is 0.318. The molecule has 2 aromatic carbocycles. The summed E-state index contributed by atoms with van der Waals surface area (Å²) < 4.78 is 28.5. The quantitative estimate of drug-likeness (QED) is 0.624. The third kappa shape index (κ3) is 3.60. The number of amides is 1. The molecule has 1 fully saturated rings. The van der Waals surface area contributed by atoms with Crippen LogP contribution in [0.3, 0.4) is 0 Å². The molecule has 0 radical (unpaired) electrons. The SMILES string of the molecule is O=C(CCN=C1NS(=O)(=O)c2ccccc21)N1CCC(n2c(=O)[nH]c3ccccc32)CC1. The number of nitrogens with one attached hydrogen (secondary N) is 2. The lowest BCUT2D eigenvalue weighted by molar-refractivity contribution is -0.132. The maximum absolute atomic E-state index is 12.7. The summed E-state index contributed by atoms with van der Waals surface area (Å²) in [6.07, 6.45) is 1.61. The number of sulfonamides is 1. The second-order valence-corrected chi connectivity index (χ2v) is 9.66. The Morgan fingerprint density at radius 3 is 2.59 bits per heavy atom. The van der Waals surface area contributed by atoms with E-state index in [1.54, 1.807) is 27.7 Å². The molecular formula is C22H23N5O4S. The molecule has 0 aliphatic carbocycles. The van der Waals surface area contributed by atoms with E-state index in [-0.39, 0.29) is 41.3 Å². The van der Waals surface area contributed by atoms with Gasteiger partial charge in [0.15, 0.2) is 0 Å². The van der Waals surface area contributed by atoms with Crippen molar-refractivity contribution in [1.82, 2.24) is 19.2 Å². The van der Waals surface area contributed by atoms with Crippen LogP contribution in [0.4, 0.5) is 0 Å². The standard InChI is InChI=1S/C22H23N5O4S/c28-20(9-12-23-21-16-5-1-4-8-19(16)32(30,31)25-21)26-13-10-15(11-14-26)27-18-7-3-2-6-17(18)24-22(27)29/h1-8,15H,9-14H2,(H,23,25)(H,24,29). The number of H-pyrrole nitrogens is 1. The number of rotatable bonds is 4. The van der Waals surface area contributed by atoms with Crippen LogP contribution in [0.2, 0.25) is 0 Å². The Balaban J connectivity index is 1.20. The van der Waals surface area contributed by atoms with Crippen molar-refractivity contribution >= 4 is 32.8 Å². The molecule has 3 heterocycles. The van der Waals surface area contributed by atoms with Crippen molar-refractivity contribution < 1.29 is 13.2 Å². The first-order valence-corrected chi connectivity index (χ1v) is 12.1. The van der Waals surface area contributed by atoms with Crippen LogP contribution < -0.4 is 10.4 Å². The van der Waals surface area contributed by atoms with Gasteiger partial charge in [0.25, 0.3) is 10.0 Å². The van der Waals surface area contributed by atoms with Gasteiger partial charge in [0.05, 0.1) is 22.5 Å². The van der Waals surface area contributed by atoms with Crippen LogP contribution >= 0.6 is 0 Å². The van der Waals surface area contributed by atoms with Gasteiger partial charge >= 0.3 is 5.69 Å². The van der Waals surface area contributed by atoms with Crippen LogP contribution in [0.1, 0.15) is 30.9 Å². The van der Waals surface area contributed by atoms with Gasteiger partial charge in [0.1, 0.15) is 5.84 Å². The van der Waals surface area contributed by atoms with Crippen molar-refractivity contribution in [1.29, 1.82) is 0 Å². The molecule has 2 N–H and O–H groups in total. The molecule has 0 spiro atoms. The molecule has 166 valence electrons. The van der Waals surface area contributed by atoms with E-state index in [0.29, 0.717) is 31.5 Å². The lowest BCUT2D eigenvalue weighted by atomic mass is 10.0. The second-order valence-electron chi connectivity index (χ2n) is 8.01. The van der Waals surface area contributed by atoms with Gasteiger partial charge in [-0.15, -0.1) is 0 Å². The smallest absolute Gasteiger partial charge is 0.326 e. The lowest BCUT2D eigenvalue weighted by Gasteiger charge is -2.32. The zero-order chi connectivity index (χ0) is 22.3. The van der Waals surface area contributed by atoms with Gasteiger partial charge in [0.2, 0.25) is 5.91 Å². The van der Waals surface area contributed by atoms with Crippen molar-refractivity contribution in [3.8, 4) is 0 Å². The van der Waals surface area contributed by atoms with Crippen LogP contribution in [0, 0.1) is 0 Å². The van der Waals surface area contributed by atoms with E-state index in [4.69, 9.17) is 0 Å².